The number of carbonyl (C=O) groups is 1. The Morgan fingerprint density at radius 2 is 2.08 bits per heavy atom. The maximum Gasteiger partial charge on any atom is 0.321 e. The fourth-order valence-electron chi connectivity index (χ4n) is 1.31. The normalized spacial score (nSPS) is 21.0. The molecule has 2 nitrogen and oxygen atoms in total. The van der Waals surface area contributed by atoms with Crippen molar-refractivity contribution in [2.24, 2.45) is 5.41 Å². The predicted molar refractivity (Wildman–Crippen MR) is 51.9 cm³/mol. The third-order valence-electron chi connectivity index (χ3n) is 2.17. The largest absolute Gasteiger partial charge is 0.426 e. The van der Waals surface area contributed by atoms with Gasteiger partial charge >= 0.3 is 5.97 Å². The third-order valence-corrected chi connectivity index (χ3v) is 2.17. The molecular weight excluding hydrogens is 164 g/mol. The van der Waals surface area contributed by atoms with E-state index in [1.165, 1.54) is 0 Å². The van der Waals surface area contributed by atoms with Crippen molar-refractivity contribution in [3.05, 3.63) is 36.1 Å². The SMILES string of the molecule is C=CC1=C(/C=C\C)C(C)(C)C(=O)O1. The highest BCUT2D eigenvalue weighted by Gasteiger charge is 2.40. The molecule has 70 valence electrons. The second-order valence-electron chi connectivity index (χ2n) is 3.50. The number of cyclic esters (lactones) is 1. The summed E-state index contributed by atoms with van der Waals surface area (Å²) in [5.41, 5.74) is 0.353. The molecule has 0 bridgehead atoms. The Labute approximate surface area is 78.6 Å². The summed E-state index contributed by atoms with van der Waals surface area (Å²) in [6.07, 6.45) is 5.35. The number of hydrogen-bond acceptors (Lipinski definition) is 2. The summed E-state index contributed by atoms with van der Waals surface area (Å²) in [5, 5.41) is 0. The fraction of sp³-hybridized carbons (Fsp3) is 0.364. The minimum Gasteiger partial charge on any atom is -0.426 e. The van der Waals surface area contributed by atoms with Gasteiger partial charge in [0, 0.05) is 5.57 Å². The van der Waals surface area contributed by atoms with Gasteiger partial charge in [0.2, 0.25) is 0 Å². The zero-order valence-electron chi connectivity index (χ0n) is 8.26. The van der Waals surface area contributed by atoms with Crippen LogP contribution >= 0.6 is 0 Å². The van der Waals surface area contributed by atoms with Gasteiger partial charge in [-0.1, -0.05) is 18.7 Å². The Morgan fingerprint density at radius 1 is 1.46 bits per heavy atom. The van der Waals surface area contributed by atoms with Crippen molar-refractivity contribution in [2.75, 3.05) is 0 Å². The molecule has 0 aromatic carbocycles. The predicted octanol–water partition coefficient (Wildman–Crippen LogP) is 2.59. The van der Waals surface area contributed by atoms with Gasteiger partial charge in [0.15, 0.2) is 0 Å². The molecule has 0 fully saturated rings. The second kappa shape index (κ2) is 3.21. The Kier molecular flexibility index (Phi) is 2.41. The number of ether oxygens (including phenoxy) is 1. The van der Waals surface area contributed by atoms with Crippen LogP contribution in [0.25, 0.3) is 0 Å². The monoisotopic (exact) mass is 178 g/mol. The lowest BCUT2D eigenvalue weighted by molar-refractivity contribution is -0.143. The molecule has 0 saturated carbocycles. The van der Waals surface area contributed by atoms with Gasteiger partial charge in [-0.3, -0.25) is 4.79 Å². The molecule has 2 heteroatoms. The molecule has 0 atom stereocenters. The van der Waals surface area contributed by atoms with Crippen LogP contribution in [0.15, 0.2) is 36.1 Å². The third kappa shape index (κ3) is 1.44. The van der Waals surface area contributed by atoms with E-state index in [0.29, 0.717) is 5.76 Å². The Bertz CT molecular complexity index is 306. The molecule has 0 amide bonds. The van der Waals surface area contributed by atoms with Crippen LogP contribution in [0.4, 0.5) is 0 Å². The van der Waals surface area contributed by atoms with Crippen molar-refractivity contribution in [1.82, 2.24) is 0 Å². The smallest absolute Gasteiger partial charge is 0.321 e. The lowest BCUT2D eigenvalue weighted by Crippen LogP contribution is -2.20. The standard InChI is InChI=1S/C11H14O2/c1-5-7-8-9(6-2)13-10(12)11(8,3)4/h5-7H,2H2,1,3-4H3/b7-5-. The zero-order chi connectivity index (χ0) is 10.1. The maximum absolute atomic E-state index is 11.4. The van der Waals surface area contributed by atoms with Crippen molar-refractivity contribution < 1.29 is 9.53 Å². The summed E-state index contributed by atoms with van der Waals surface area (Å²) in [4.78, 5) is 11.4. The van der Waals surface area contributed by atoms with Gasteiger partial charge in [-0.2, -0.15) is 0 Å². The van der Waals surface area contributed by atoms with Gasteiger partial charge in [-0.25, -0.2) is 0 Å². The molecule has 1 heterocycles. The van der Waals surface area contributed by atoms with Crippen LogP contribution in [0.5, 0.6) is 0 Å². The topological polar surface area (TPSA) is 26.3 Å². The lowest BCUT2D eigenvalue weighted by Gasteiger charge is -2.13. The first-order valence-electron chi connectivity index (χ1n) is 4.26. The molecule has 0 N–H and O–H groups in total. The molecule has 0 saturated heterocycles. The van der Waals surface area contributed by atoms with Crippen molar-refractivity contribution in [3.8, 4) is 0 Å². The minimum atomic E-state index is -0.546. The van der Waals surface area contributed by atoms with E-state index in [1.807, 2.05) is 32.9 Å². The fourth-order valence-corrected chi connectivity index (χ4v) is 1.31. The number of allylic oxidation sites excluding steroid dienone is 3. The molecule has 1 aliphatic rings. The van der Waals surface area contributed by atoms with E-state index in [-0.39, 0.29) is 5.97 Å². The van der Waals surface area contributed by atoms with Gasteiger partial charge in [0.25, 0.3) is 0 Å². The molecule has 0 spiro atoms. The van der Waals surface area contributed by atoms with Crippen LogP contribution in [0.3, 0.4) is 0 Å². The maximum atomic E-state index is 11.4. The molecule has 0 aromatic heterocycles. The molecule has 0 aromatic rings. The van der Waals surface area contributed by atoms with E-state index in [1.54, 1.807) is 6.08 Å². The molecule has 1 rings (SSSR count). The van der Waals surface area contributed by atoms with Crippen LogP contribution < -0.4 is 0 Å². The van der Waals surface area contributed by atoms with Gasteiger partial charge in [0.1, 0.15) is 5.76 Å². The van der Waals surface area contributed by atoms with E-state index in [4.69, 9.17) is 4.74 Å². The zero-order valence-corrected chi connectivity index (χ0v) is 8.26. The minimum absolute atomic E-state index is 0.212. The molecular formula is C11H14O2. The van der Waals surface area contributed by atoms with Crippen LogP contribution in [-0.4, -0.2) is 5.97 Å². The number of rotatable bonds is 2. The molecule has 0 aliphatic carbocycles. The summed E-state index contributed by atoms with van der Waals surface area (Å²) in [6.45, 7) is 9.21. The lowest BCUT2D eigenvalue weighted by atomic mass is 9.85. The van der Waals surface area contributed by atoms with Gasteiger partial charge in [0.05, 0.1) is 5.41 Å². The van der Waals surface area contributed by atoms with E-state index >= 15 is 0 Å². The van der Waals surface area contributed by atoms with Gasteiger partial charge < -0.3 is 4.74 Å². The quantitative estimate of drug-likeness (QED) is 0.607. The Morgan fingerprint density at radius 3 is 2.54 bits per heavy atom. The number of esters is 1. The Balaban J connectivity index is 3.20. The van der Waals surface area contributed by atoms with Crippen molar-refractivity contribution >= 4 is 5.97 Å². The summed E-state index contributed by atoms with van der Waals surface area (Å²) >= 11 is 0. The van der Waals surface area contributed by atoms with Crippen LogP contribution in [-0.2, 0) is 9.53 Å². The molecule has 1 aliphatic heterocycles. The highest BCUT2D eigenvalue weighted by Crippen LogP contribution is 2.38. The van der Waals surface area contributed by atoms with Crippen molar-refractivity contribution in [2.45, 2.75) is 20.8 Å². The second-order valence-corrected chi connectivity index (χ2v) is 3.50. The summed E-state index contributed by atoms with van der Waals surface area (Å²) < 4.78 is 5.06. The molecule has 0 unspecified atom stereocenters. The van der Waals surface area contributed by atoms with Crippen LogP contribution in [0.1, 0.15) is 20.8 Å². The summed E-state index contributed by atoms with van der Waals surface area (Å²) in [5.74, 6) is 0.364. The van der Waals surface area contributed by atoms with E-state index in [9.17, 15) is 4.79 Å². The number of carbonyl (C=O) groups excluding carboxylic acids is 1. The average molecular weight is 178 g/mol. The first-order valence-corrected chi connectivity index (χ1v) is 4.26. The van der Waals surface area contributed by atoms with E-state index in [0.717, 1.165) is 5.57 Å². The highest BCUT2D eigenvalue weighted by molar-refractivity contribution is 5.85. The summed E-state index contributed by atoms with van der Waals surface area (Å²) in [7, 11) is 0. The van der Waals surface area contributed by atoms with Crippen molar-refractivity contribution in [1.29, 1.82) is 0 Å². The first kappa shape index (κ1) is 9.78. The molecule has 13 heavy (non-hydrogen) atoms. The van der Waals surface area contributed by atoms with E-state index < -0.39 is 5.41 Å². The first-order chi connectivity index (χ1) is 6.04. The van der Waals surface area contributed by atoms with Crippen LogP contribution in [0.2, 0.25) is 0 Å². The van der Waals surface area contributed by atoms with Gasteiger partial charge in [-0.15, -0.1) is 0 Å². The van der Waals surface area contributed by atoms with Gasteiger partial charge in [-0.05, 0) is 26.8 Å². The average Bonchev–Trinajstić information content (AvgIpc) is 2.29. The highest BCUT2D eigenvalue weighted by atomic mass is 16.5. The Hall–Kier alpha value is -1.31. The van der Waals surface area contributed by atoms with Crippen LogP contribution in [0, 0.1) is 5.41 Å². The van der Waals surface area contributed by atoms with E-state index in [2.05, 4.69) is 6.58 Å². The number of hydrogen-bond donors (Lipinski definition) is 0. The van der Waals surface area contributed by atoms with Crippen molar-refractivity contribution in [3.63, 3.8) is 0 Å². The molecule has 0 radical (unpaired) electrons. The summed E-state index contributed by atoms with van der Waals surface area (Å²) in [6, 6.07) is 0.